The Morgan fingerprint density at radius 3 is 2.94 bits per heavy atom. The third-order valence-electron chi connectivity index (χ3n) is 5.97. The Bertz CT molecular complexity index is 1450. The van der Waals surface area contributed by atoms with Crippen molar-refractivity contribution in [2.75, 3.05) is 36.2 Å². The van der Waals surface area contributed by atoms with E-state index in [1.54, 1.807) is 47.4 Å². The maximum atomic E-state index is 13.4. The standard InChI is InChI=1S/C23H23N7O6/c1-23(19(31)21(32)26-13-3-4-15-16(11-13)36-28-20(15)24)22(33)29(9-10-35-23)17-6-8-30(27-17)14-5-7-25-18(12-14)34-2/h3-8,11-12,19,31H,9-10H2,1-2H3,(H2,24,28)(H,26,32). The van der Waals surface area contributed by atoms with Crippen molar-refractivity contribution in [2.24, 2.45) is 0 Å². The number of rotatable bonds is 6. The van der Waals surface area contributed by atoms with E-state index in [0.717, 1.165) is 0 Å². The van der Waals surface area contributed by atoms with Gasteiger partial charge in [-0.3, -0.25) is 14.5 Å². The molecule has 0 bridgehead atoms. The molecule has 3 aromatic heterocycles. The minimum Gasteiger partial charge on any atom is -0.481 e. The smallest absolute Gasteiger partial charge is 0.263 e. The molecule has 1 fully saturated rings. The summed E-state index contributed by atoms with van der Waals surface area (Å²) in [5.41, 5.74) is 5.25. The first-order chi connectivity index (χ1) is 17.3. The molecule has 4 N–H and O–H groups in total. The zero-order valence-corrected chi connectivity index (χ0v) is 19.4. The molecule has 4 aromatic rings. The fourth-order valence-electron chi connectivity index (χ4n) is 3.95. The largest absolute Gasteiger partial charge is 0.481 e. The Morgan fingerprint density at radius 1 is 1.31 bits per heavy atom. The van der Waals surface area contributed by atoms with E-state index in [1.807, 2.05) is 0 Å². The lowest BCUT2D eigenvalue weighted by Crippen LogP contribution is -2.63. The van der Waals surface area contributed by atoms with Crippen molar-refractivity contribution in [3.8, 4) is 11.6 Å². The fourth-order valence-corrected chi connectivity index (χ4v) is 3.95. The van der Waals surface area contributed by atoms with Gasteiger partial charge in [0.05, 0.1) is 31.3 Å². The lowest BCUT2D eigenvalue weighted by atomic mass is 9.94. The van der Waals surface area contributed by atoms with E-state index in [2.05, 4.69) is 20.6 Å². The maximum absolute atomic E-state index is 13.4. The number of hydrogen-bond donors (Lipinski definition) is 3. The maximum Gasteiger partial charge on any atom is 0.263 e. The number of ether oxygens (including phenoxy) is 2. The first kappa shape index (κ1) is 23.3. The summed E-state index contributed by atoms with van der Waals surface area (Å²) < 4.78 is 17.4. The topological polar surface area (TPSA) is 171 Å². The zero-order valence-electron chi connectivity index (χ0n) is 19.4. The number of nitrogens with two attached hydrogens (primary N) is 1. The van der Waals surface area contributed by atoms with Crippen molar-refractivity contribution in [3.05, 3.63) is 48.8 Å². The van der Waals surface area contributed by atoms with Crippen LogP contribution in [0.4, 0.5) is 17.3 Å². The molecule has 0 saturated carbocycles. The summed E-state index contributed by atoms with van der Waals surface area (Å²) in [6.45, 7) is 1.66. The number of aliphatic hydroxyl groups excluding tert-OH is 1. The molecule has 0 spiro atoms. The van der Waals surface area contributed by atoms with Crippen LogP contribution in [-0.4, -0.2) is 68.8 Å². The molecule has 2 atom stereocenters. The van der Waals surface area contributed by atoms with Crippen molar-refractivity contribution in [2.45, 2.75) is 18.6 Å². The second kappa shape index (κ2) is 8.94. The summed E-state index contributed by atoms with van der Waals surface area (Å²) in [7, 11) is 1.51. The number of benzene rings is 1. The summed E-state index contributed by atoms with van der Waals surface area (Å²) in [5.74, 6) is -0.450. The van der Waals surface area contributed by atoms with Crippen LogP contribution in [0, 0.1) is 0 Å². The van der Waals surface area contributed by atoms with Crippen LogP contribution in [0.25, 0.3) is 16.7 Å². The average molecular weight is 493 g/mol. The van der Waals surface area contributed by atoms with Gasteiger partial charge in [-0.05, 0) is 25.1 Å². The number of nitrogen functional groups attached to an aromatic ring is 1. The van der Waals surface area contributed by atoms with Crippen LogP contribution < -0.4 is 20.7 Å². The molecule has 0 aliphatic carbocycles. The normalized spacial score (nSPS) is 18.9. The molecule has 1 aliphatic heterocycles. The number of aliphatic hydroxyl groups is 1. The molecular weight excluding hydrogens is 470 g/mol. The Labute approximate surface area is 204 Å². The Hall–Kier alpha value is -4.49. The Kier molecular flexibility index (Phi) is 5.78. The summed E-state index contributed by atoms with van der Waals surface area (Å²) in [6.07, 6.45) is 1.45. The SMILES string of the molecule is COc1cc(-n2ccc(N3CCOC(C)(C(O)C(=O)Nc4ccc5c(N)noc5c4)C3=O)n2)ccn1. The highest BCUT2D eigenvalue weighted by Crippen LogP contribution is 2.29. The van der Waals surface area contributed by atoms with Crippen LogP contribution in [0.3, 0.4) is 0 Å². The number of carbonyl (C=O) groups is 2. The third kappa shape index (κ3) is 3.99. The van der Waals surface area contributed by atoms with Crippen molar-refractivity contribution < 1.29 is 28.7 Å². The molecule has 0 radical (unpaired) electrons. The minimum absolute atomic E-state index is 0.0891. The van der Waals surface area contributed by atoms with Gasteiger partial charge in [0.15, 0.2) is 28.9 Å². The highest BCUT2D eigenvalue weighted by atomic mass is 16.5. The number of nitrogens with one attached hydrogen (secondary N) is 1. The molecule has 1 aliphatic rings. The summed E-state index contributed by atoms with van der Waals surface area (Å²) in [6, 6.07) is 9.82. The van der Waals surface area contributed by atoms with E-state index in [-0.39, 0.29) is 19.0 Å². The van der Waals surface area contributed by atoms with Crippen LogP contribution in [-0.2, 0) is 14.3 Å². The second-order valence-corrected chi connectivity index (χ2v) is 8.26. The number of amides is 2. The molecule has 1 saturated heterocycles. The van der Waals surface area contributed by atoms with Crippen LogP contribution in [0.15, 0.2) is 53.3 Å². The quantitative estimate of drug-likeness (QED) is 0.353. The van der Waals surface area contributed by atoms with Gasteiger partial charge in [0.1, 0.15) is 0 Å². The van der Waals surface area contributed by atoms with E-state index in [4.69, 9.17) is 19.7 Å². The van der Waals surface area contributed by atoms with Gasteiger partial charge in [-0.25, -0.2) is 9.67 Å². The number of morpholine rings is 1. The van der Waals surface area contributed by atoms with Gasteiger partial charge in [0.25, 0.3) is 11.8 Å². The van der Waals surface area contributed by atoms with Crippen molar-refractivity contribution >= 4 is 40.1 Å². The number of methoxy groups -OCH3 is 1. The number of carbonyl (C=O) groups excluding carboxylic acids is 2. The van der Waals surface area contributed by atoms with Gasteiger partial charge < -0.3 is 30.2 Å². The van der Waals surface area contributed by atoms with Gasteiger partial charge >= 0.3 is 0 Å². The first-order valence-electron chi connectivity index (χ1n) is 11.0. The Balaban J connectivity index is 1.34. The molecule has 13 heteroatoms. The van der Waals surface area contributed by atoms with Crippen LogP contribution in [0.5, 0.6) is 5.88 Å². The summed E-state index contributed by atoms with van der Waals surface area (Å²) in [4.78, 5) is 31.7. The average Bonchev–Trinajstić information content (AvgIpc) is 3.52. The van der Waals surface area contributed by atoms with E-state index in [0.29, 0.717) is 34.0 Å². The molecule has 13 nitrogen and oxygen atoms in total. The molecule has 1 aromatic carbocycles. The van der Waals surface area contributed by atoms with E-state index >= 15 is 0 Å². The minimum atomic E-state index is -1.84. The molecule has 4 heterocycles. The molecule has 36 heavy (non-hydrogen) atoms. The number of fused-ring (bicyclic) bond motifs is 1. The lowest BCUT2D eigenvalue weighted by molar-refractivity contribution is -0.170. The number of nitrogens with zero attached hydrogens (tertiary/aromatic N) is 5. The van der Waals surface area contributed by atoms with Crippen LogP contribution >= 0.6 is 0 Å². The first-order valence-corrected chi connectivity index (χ1v) is 11.0. The van der Waals surface area contributed by atoms with Crippen LogP contribution in [0.2, 0.25) is 0 Å². The number of pyridine rings is 1. The zero-order chi connectivity index (χ0) is 25.4. The van der Waals surface area contributed by atoms with Gasteiger partial charge in [0, 0.05) is 36.3 Å². The van der Waals surface area contributed by atoms with Gasteiger partial charge in [-0.15, -0.1) is 5.10 Å². The van der Waals surface area contributed by atoms with Gasteiger partial charge in [-0.2, -0.15) is 0 Å². The molecule has 2 unspecified atom stereocenters. The van der Waals surface area contributed by atoms with Crippen LogP contribution in [0.1, 0.15) is 6.92 Å². The lowest BCUT2D eigenvalue weighted by Gasteiger charge is -2.40. The monoisotopic (exact) mass is 493 g/mol. The highest BCUT2D eigenvalue weighted by molar-refractivity contribution is 6.06. The van der Waals surface area contributed by atoms with Crippen molar-refractivity contribution in [3.63, 3.8) is 0 Å². The number of hydrogen-bond acceptors (Lipinski definition) is 10. The van der Waals surface area contributed by atoms with E-state index in [9.17, 15) is 14.7 Å². The van der Waals surface area contributed by atoms with Gasteiger partial charge in [0.2, 0.25) is 5.88 Å². The fraction of sp³-hybridized carbons (Fsp3) is 0.261. The molecule has 2 amide bonds. The second-order valence-electron chi connectivity index (χ2n) is 8.26. The van der Waals surface area contributed by atoms with Crippen molar-refractivity contribution in [1.82, 2.24) is 19.9 Å². The third-order valence-corrected chi connectivity index (χ3v) is 5.97. The van der Waals surface area contributed by atoms with Gasteiger partial charge in [-0.1, -0.05) is 5.16 Å². The predicted octanol–water partition coefficient (Wildman–Crippen LogP) is 1.12. The summed E-state index contributed by atoms with van der Waals surface area (Å²) in [5, 5.41) is 22.2. The molecule has 5 rings (SSSR count). The van der Waals surface area contributed by atoms with E-state index < -0.39 is 23.5 Å². The number of aromatic nitrogens is 4. The highest BCUT2D eigenvalue weighted by Gasteiger charge is 2.51. The van der Waals surface area contributed by atoms with Crippen molar-refractivity contribution in [1.29, 1.82) is 0 Å². The predicted molar refractivity (Wildman–Crippen MR) is 128 cm³/mol. The molecular formula is C23H23N7O6. The molecule has 186 valence electrons. The Morgan fingerprint density at radius 2 is 2.14 bits per heavy atom. The summed E-state index contributed by atoms with van der Waals surface area (Å²) >= 11 is 0. The number of anilines is 3. The van der Waals surface area contributed by atoms with E-state index in [1.165, 1.54) is 25.0 Å².